The van der Waals surface area contributed by atoms with Gasteiger partial charge in [-0.25, -0.2) is 9.78 Å². The van der Waals surface area contributed by atoms with Gasteiger partial charge in [0.1, 0.15) is 11.4 Å². The van der Waals surface area contributed by atoms with E-state index in [1.165, 1.54) is 18.2 Å². The molecule has 0 spiro atoms. The Labute approximate surface area is 239 Å². The molecule has 1 unspecified atom stereocenters. The molecule has 0 saturated carbocycles. The molecule has 2 heterocycles. The van der Waals surface area contributed by atoms with Crippen LogP contribution >= 0.6 is 0 Å². The number of rotatable bonds is 11. The molecule has 0 fully saturated rings. The van der Waals surface area contributed by atoms with E-state index in [0.717, 1.165) is 36.3 Å². The number of nitrogens with zero attached hydrogens (tertiary/aromatic N) is 2. The summed E-state index contributed by atoms with van der Waals surface area (Å²) in [6.07, 6.45) is 5.43. The fourth-order valence-corrected chi connectivity index (χ4v) is 5.46. The number of anilines is 2. The maximum atomic E-state index is 13.1. The molecular formula is C32H36N4O5. The number of esters is 1. The third kappa shape index (κ3) is 6.36. The number of carbonyl (C=O) groups excluding carboxylic acids is 2. The van der Waals surface area contributed by atoms with Crippen molar-refractivity contribution in [2.45, 2.75) is 44.7 Å². The Kier molecular flexibility index (Phi) is 8.84. The third-order valence-electron chi connectivity index (χ3n) is 7.56. The van der Waals surface area contributed by atoms with Crippen LogP contribution in [0.15, 0.2) is 60.8 Å². The molecule has 0 bridgehead atoms. The van der Waals surface area contributed by atoms with Gasteiger partial charge in [-0.05, 0) is 60.6 Å². The Morgan fingerprint density at radius 1 is 1.05 bits per heavy atom. The first-order chi connectivity index (χ1) is 20.0. The second-order valence-corrected chi connectivity index (χ2v) is 10.2. The lowest BCUT2D eigenvalue weighted by Gasteiger charge is -2.26. The van der Waals surface area contributed by atoms with Crippen molar-refractivity contribution in [1.29, 1.82) is 0 Å². The van der Waals surface area contributed by atoms with Gasteiger partial charge < -0.3 is 29.4 Å². The molecule has 1 aliphatic rings. The average Bonchev–Trinajstić information content (AvgIpc) is 3.30. The van der Waals surface area contributed by atoms with Crippen LogP contribution in [0, 0.1) is 0 Å². The van der Waals surface area contributed by atoms with Crippen molar-refractivity contribution >= 4 is 34.3 Å². The first-order valence-corrected chi connectivity index (χ1v) is 13.9. The molecule has 2 aromatic heterocycles. The summed E-state index contributed by atoms with van der Waals surface area (Å²) in [4.78, 5) is 30.9. The number of fused-ring (bicyclic) bond motifs is 2. The Morgan fingerprint density at radius 2 is 1.88 bits per heavy atom. The minimum atomic E-state index is -0.551. The number of benzene rings is 2. The molecule has 1 atom stereocenters. The molecule has 0 saturated heterocycles. The molecule has 4 aromatic rings. The molecule has 214 valence electrons. The second-order valence-electron chi connectivity index (χ2n) is 10.2. The van der Waals surface area contributed by atoms with Gasteiger partial charge in [-0.3, -0.25) is 4.79 Å². The van der Waals surface area contributed by atoms with E-state index in [4.69, 9.17) is 19.2 Å². The van der Waals surface area contributed by atoms with E-state index in [-0.39, 0.29) is 24.1 Å². The molecule has 5 rings (SSSR count). The van der Waals surface area contributed by atoms with Crippen molar-refractivity contribution < 1.29 is 23.8 Å². The molecular weight excluding hydrogens is 520 g/mol. The predicted octanol–water partition coefficient (Wildman–Crippen LogP) is 5.02. The van der Waals surface area contributed by atoms with E-state index < -0.39 is 5.97 Å². The number of hydrogen-bond acceptors (Lipinski definition) is 7. The van der Waals surface area contributed by atoms with Gasteiger partial charge in [0.25, 0.3) is 0 Å². The van der Waals surface area contributed by atoms with E-state index in [9.17, 15) is 9.59 Å². The van der Waals surface area contributed by atoms with E-state index in [0.29, 0.717) is 36.3 Å². The predicted molar refractivity (Wildman–Crippen MR) is 159 cm³/mol. The zero-order valence-electron chi connectivity index (χ0n) is 23.7. The van der Waals surface area contributed by atoms with Crippen molar-refractivity contribution in [1.82, 2.24) is 9.55 Å². The zero-order valence-corrected chi connectivity index (χ0v) is 23.7. The van der Waals surface area contributed by atoms with Gasteiger partial charge >= 0.3 is 5.97 Å². The summed E-state index contributed by atoms with van der Waals surface area (Å²) < 4.78 is 17.6. The summed E-state index contributed by atoms with van der Waals surface area (Å²) >= 11 is 0. The molecule has 41 heavy (non-hydrogen) atoms. The lowest BCUT2D eigenvalue weighted by molar-refractivity contribution is -0.116. The van der Waals surface area contributed by atoms with Crippen molar-refractivity contribution in [2.75, 3.05) is 38.6 Å². The minimum absolute atomic E-state index is 0.194. The van der Waals surface area contributed by atoms with Crippen LogP contribution in [0.4, 0.5) is 11.4 Å². The summed E-state index contributed by atoms with van der Waals surface area (Å²) in [7, 11) is 4.61. The van der Waals surface area contributed by atoms with Crippen molar-refractivity contribution in [3.63, 3.8) is 0 Å². The summed E-state index contributed by atoms with van der Waals surface area (Å²) in [6, 6.07) is 18.2. The summed E-state index contributed by atoms with van der Waals surface area (Å²) in [5.74, 6) is 0.110. The van der Waals surface area contributed by atoms with Gasteiger partial charge in [0.05, 0.1) is 38.4 Å². The monoisotopic (exact) mass is 556 g/mol. The molecule has 1 amide bonds. The van der Waals surface area contributed by atoms with Crippen LogP contribution in [0.25, 0.3) is 11.0 Å². The fraction of sp³-hybridized carbons (Fsp3) is 0.344. The maximum Gasteiger partial charge on any atom is 0.356 e. The molecule has 1 aliphatic carbocycles. The van der Waals surface area contributed by atoms with Crippen LogP contribution in [-0.4, -0.2) is 55.4 Å². The van der Waals surface area contributed by atoms with E-state index in [1.54, 1.807) is 25.0 Å². The van der Waals surface area contributed by atoms with Crippen molar-refractivity contribution in [3.05, 3.63) is 83.2 Å². The summed E-state index contributed by atoms with van der Waals surface area (Å²) in [5.41, 5.74) is 5.71. The van der Waals surface area contributed by atoms with Crippen LogP contribution in [-0.2, 0) is 40.1 Å². The molecule has 2 aromatic carbocycles. The van der Waals surface area contributed by atoms with E-state index >= 15 is 0 Å². The third-order valence-corrected chi connectivity index (χ3v) is 7.56. The van der Waals surface area contributed by atoms with Gasteiger partial charge in [-0.1, -0.05) is 36.4 Å². The molecule has 0 aliphatic heterocycles. The van der Waals surface area contributed by atoms with Crippen LogP contribution < -0.4 is 15.4 Å². The Morgan fingerprint density at radius 3 is 2.63 bits per heavy atom. The zero-order chi connectivity index (χ0) is 28.8. The van der Waals surface area contributed by atoms with E-state index in [2.05, 4.69) is 22.8 Å². The molecule has 2 N–H and O–H groups in total. The SMILES string of the molecule is COCCn1c(C(=O)OC)c(NC(=O)CCc2ccccc2)c2cc(NC3CCc4ccc(OC)cc4C3)cnc21. The fourth-order valence-electron chi connectivity index (χ4n) is 5.46. The van der Waals surface area contributed by atoms with Gasteiger partial charge in [-0.2, -0.15) is 0 Å². The molecule has 9 nitrogen and oxygen atoms in total. The number of ether oxygens (including phenoxy) is 3. The number of methoxy groups -OCH3 is 3. The lowest BCUT2D eigenvalue weighted by Crippen LogP contribution is -2.27. The quantitative estimate of drug-likeness (QED) is 0.250. The van der Waals surface area contributed by atoms with Gasteiger partial charge in [0.2, 0.25) is 5.91 Å². The van der Waals surface area contributed by atoms with Crippen LogP contribution in [0.1, 0.15) is 40.0 Å². The Balaban J connectivity index is 1.45. The Hall–Kier alpha value is -4.37. The molecule has 0 radical (unpaired) electrons. The number of nitrogens with one attached hydrogen (secondary N) is 2. The highest BCUT2D eigenvalue weighted by Crippen LogP contribution is 2.34. The van der Waals surface area contributed by atoms with Crippen molar-refractivity contribution in [2.24, 2.45) is 0 Å². The number of pyridine rings is 1. The smallest absolute Gasteiger partial charge is 0.356 e. The standard InChI is InChI=1S/C32H36N4O5/c1-39-16-15-36-30(32(38)41-3)29(35-28(37)14-9-21-7-5-4-6-8-21)27-19-25(20-33-31(27)36)34-24-12-10-22-11-13-26(40-2)18-23(22)17-24/h4-8,11,13,18-20,24,34H,9-10,12,14-17H2,1-3H3,(H,35,37). The van der Waals surface area contributed by atoms with E-state index in [1.807, 2.05) is 42.5 Å². The topological polar surface area (TPSA) is 104 Å². The Bertz CT molecular complexity index is 1530. The highest BCUT2D eigenvalue weighted by atomic mass is 16.5. The number of aryl methyl sites for hydroxylation is 2. The molecule has 9 heteroatoms. The summed E-state index contributed by atoms with van der Waals surface area (Å²) in [5, 5.41) is 7.30. The highest BCUT2D eigenvalue weighted by Gasteiger charge is 2.27. The minimum Gasteiger partial charge on any atom is -0.497 e. The van der Waals surface area contributed by atoms with Gasteiger partial charge in [0.15, 0.2) is 5.69 Å². The normalized spacial score (nSPS) is 14.4. The van der Waals surface area contributed by atoms with Crippen LogP contribution in [0.2, 0.25) is 0 Å². The van der Waals surface area contributed by atoms with Gasteiger partial charge in [-0.15, -0.1) is 0 Å². The van der Waals surface area contributed by atoms with Gasteiger partial charge in [0, 0.05) is 31.5 Å². The first kappa shape index (κ1) is 28.2. The highest BCUT2D eigenvalue weighted by molar-refractivity contribution is 6.11. The largest absolute Gasteiger partial charge is 0.497 e. The number of aromatic nitrogens is 2. The number of carbonyl (C=O) groups is 2. The van der Waals surface area contributed by atoms with Crippen molar-refractivity contribution in [3.8, 4) is 5.75 Å². The number of amides is 1. The number of hydrogen-bond donors (Lipinski definition) is 2. The average molecular weight is 557 g/mol. The maximum absolute atomic E-state index is 13.1. The van der Waals surface area contributed by atoms with Crippen LogP contribution in [0.5, 0.6) is 5.75 Å². The summed E-state index contributed by atoms with van der Waals surface area (Å²) in [6.45, 7) is 0.736. The second kappa shape index (κ2) is 12.9. The van der Waals surface area contributed by atoms with Crippen LogP contribution in [0.3, 0.4) is 0 Å². The first-order valence-electron chi connectivity index (χ1n) is 13.9. The lowest BCUT2D eigenvalue weighted by atomic mass is 9.88.